The molecule has 0 aliphatic rings. The van der Waals surface area contributed by atoms with Crippen molar-refractivity contribution in [1.29, 1.82) is 0 Å². The van der Waals surface area contributed by atoms with Gasteiger partial charge in [0, 0.05) is 11.4 Å². The highest BCUT2D eigenvalue weighted by molar-refractivity contribution is 7.99. The van der Waals surface area contributed by atoms with Crippen LogP contribution in [0.25, 0.3) is 0 Å². The van der Waals surface area contributed by atoms with E-state index >= 15 is 0 Å². The van der Waals surface area contributed by atoms with Crippen LogP contribution >= 0.6 is 11.8 Å². The molecule has 0 amide bonds. The predicted octanol–water partition coefficient (Wildman–Crippen LogP) is 4.54. The molecule has 15 heavy (non-hydrogen) atoms. The molecule has 2 atom stereocenters. The molecule has 0 unspecified atom stereocenters. The van der Waals surface area contributed by atoms with Crippen molar-refractivity contribution in [3.8, 4) is 0 Å². The van der Waals surface area contributed by atoms with Crippen LogP contribution in [0.5, 0.6) is 0 Å². The van der Waals surface area contributed by atoms with Crippen LogP contribution in [0.1, 0.15) is 41.0 Å². The van der Waals surface area contributed by atoms with Gasteiger partial charge in [0.1, 0.15) is 0 Å². The fourth-order valence-corrected chi connectivity index (χ4v) is 3.21. The van der Waals surface area contributed by atoms with Gasteiger partial charge in [-0.05, 0) is 37.7 Å². The van der Waals surface area contributed by atoms with E-state index in [2.05, 4.69) is 54.0 Å². The summed E-state index contributed by atoms with van der Waals surface area (Å²) in [7, 11) is -1.56. The van der Waals surface area contributed by atoms with Crippen LogP contribution in [0.4, 0.5) is 0 Å². The van der Waals surface area contributed by atoms with E-state index in [9.17, 15) is 0 Å². The Hall–Kier alpha value is 0.527. The summed E-state index contributed by atoms with van der Waals surface area (Å²) in [6.07, 6.45) is 3.73. The second kappa shape index (κ2) is 5.74. The smallest absolute Gasteiger partial charge is 0.192 e. The summed E-state index contributed by atoms with van der Waals surface area (Å²) in [6.45, 7) is 16.0. The topological polar surface area (TPSA) is 9.23 Å². The lowest BCUT2D eigenvalue weighted by Crippen LogP contribution is -2.43. The molecule has 0 aromatic carbocycles. The van der Waals surface area contributed by atoms with Gasteiger partial charge in [-0.1, -0.05) is 27.7 Å². The first kappa shape index (κ1) is 15.5. The molecule has 3 heteroatoms. The van der Waals surface area contributed by atoms with E-state index in [1.54, 1.807) is 0 Å². The lowest BCUT2D eigenvalue weighted by atomic mass is 10.2. The molecule has 0 aromatic rings. The molecule has 0 N–H and O–H groups in total. The summed E-state index contributed by atoms with van der Waals surface area (Å²) in [5, 5.41) is 1.02. The van der Waals surface area contributed by atoms with Crippen molar-refractivity contribution >= 4 is 20.1 Å². The zero-order chi connectivity index (χ0) is 12.3. The van der Waals surface area contributed by atoms with Gasteiger partial charge in [0.05, 0.1) is 0 Å². The molecule has 0 fully saturated rings. The molecule has 0 aliphatic carbocycles. The normalized spacial score (nSPS) is 17.6. The Bertz CT molecular complexity index is 187. The monoisotopic (exact) mass is 248 g/mol. The fraction of sp³-hybridized carbons (Fsp3) is 1.00. The molecule has 0 aromatic heterocycles. The van der Waals surface area contributed by atoms with Crippen molar-refractivity contribution in [3.05, 3.63) is 0 Å². The molecular weight excluding hydrogens is 220 g/mol. The van der Waals surface area contributed by atoms with E-state index in [0.717, 1.165) is 6.42 Å². The molecule has 0 radical (unpaired) electrons. The highest BCUT2D eigenvalue weighted by atomic mass is 32.2. The van der Waals surface area contributed by atoms with Crippen LogP contribution in [-0.4, -0.2) is 25.9 Å². The van der Waals surface area contributed by atoms with Crippen molar-refractivity contribution in [3.63, 3.8) is 0 Å². The molecule has 0 bridgehead atoms. The SMILES string of the molecule is CS[C@H](C)C[C@@H](C)O[Si](C)(C)C(C)(C)C. The van der Waals surface area contributed by atoms with Crippen molar-refractivity contribution in [2.45, 2.75) is 70.5 Å². The molecular formula is C12H28OSSi. The largest absolute Gasteiger partial charge is 0.414 e. The lowest BCUT2D eigenvalue weighted by Gasteiger charge is -2.38. The zero-order valence-corrected chi connectivity index (χ0v) is 13.5. The summed E-state index contributed by atoms with van der Waals surface area (Å²) in [4.78, 5) is 0. The summed E-state index contributed by atoms with van der Waals surface area (Å²) >= 11 is 1.92. The molecule has 0 saturated carbocycles. The quantitative estimate of drug-likeness (QED) is 0.661. The molecule has 0 aliphatic heterocycles. The summed E-state index contributed by atoms with van der Waals surface area (Å²) in [6, 6.07) is 0. The van der Waals surface area contributed by atoms with E-state index in [1.165, 1.54) is 0 Å². The maximum atomic E-state index is 6.30. The van der Waals surface area contributed by atoms with Gasteiger partial charge in [0.2, 0.25) is 0 Å². The third kappa shape index (κ3) is 5.41. The van der Waals surface area contributed by atoms with E-state index in [1.807, 2.05) is 11.8 Å². The van der Waals surface area contributed by atoms with Crippen LogP contribution in [0.2, 0.25) is 18.1 Å². The first-order chi connectivity index (χ1) is 6.60. The van der Waals surface area contributed by atoms with E-state index in [0.29, 0.717) is 16.4 Å². The van der Waals surface area contributed by atoms with Crippen LogP contribution in [-0.2, 0) is 4.43 Å². The fourth-order valence-electron chi connectivity index (χ4n) is 1.29. The maximum Gasteiger partial charge on any atom is 0.192 e. The summed E-state index contributed by atoms with van der Waals surface area (Å²) in [5.41, 5.74) is 0. The summed E-state index contributed by atoms with van der Waals surface area (Å²) in [5.74, 6) is 0. The minimum absolute atomic E-state index is 0.323. The molecule has 0 rings (SSSR count). The van der Waals surface area contributed by atoms with Gasteiger partial charge >= 0.3 is 0 Å². The number of hydrogen-bond donors (Lipinski definition) is 0. The molecule has 92 valence electrons. The number of hydrogen-bond acceptors (Lipinski definition) is 2. The first-order valence-electron chi connectivity index (χ1n) is 5.80. The van der Waals surface area contributed by atoms with Gasteiger partial charge in [0.25, 0.3) is 0 Å². The average Bonchev–Trinajstić information content (AvgIpc) is 2.00. The Morgan fingerprint density at radius 3 is 2.00 bits per heavy atom. The van der Waals surface area contributed by atoms with Crippen molar-refractivity contribution in [2.24, 2.45) is 0 Å². The van der Waals surface area contributed by atoms with Crippen molar-refractivity contribution in [1.82, 2.24) is 0 Å². The van der Waals surface area contributed by atoms with Crippen LogP contribution in [0.3, 0.4) is 0 Å². The van der Waals surface area contributed by atoms with Gasteiger partial charge in [-0.15, -0.1) is 0 Å². The Morgan fingerprint density at radius 1 is 1.20 bits per heavy atom. The van der Waals surface area contributed by atoms with Crippen molar-refractivity contribution in [2.75, 3.05) is 6.26 Å². The molecule has 1 nitrogen and oxygen atoms in total. The Balaban J connectivity index is 4.22. The maximum absolute atomic E-state index is 6.30. The van der Waals surface area contributed by atoms with Crippen LogP contribution in [0.15, 0.2) is 0 Å². The zero-order valence-electron chi connectivity index (χ0n) is 11.7. The number of rotatable bonds is 5. The standard InChI is InChI=1S/C12H28OSSi/c1-10(9-11(2)14-6)13-15(7,8)12(3,4)5/h10-11H,9H2,1-8H3/t10-,11-/m1/s1. The van der Waals surface area contributed by atoms with Crippen molar-refractivity contribution < 1.29 is 4.43 Å². The first-order valence-corrected chi connectivity index (χ1v) is 10.0. The van der Waals surface area contributed by atoms with Gasteiger partial charge in [0.15, 0.2) is 8.32 Å². The van der Waals surface area contributed by atoms with Crippen LogP contribution < -0.4 is 0 Å². The van der Waals surface area contributed by atoms with Gasteiger partial charge in [-0.3, -0.25) is 0 Å². The highest BCUT2D eigenvalue weighted by Gasteiger charge is 2.38. The van der Waals surface area contributed by atoms with Gasteiger partial charge in [-0.25, -0.2) is 0 Å². The van der Waals surface area contributed by atoms with E-state index < -0.39 is 8.32 Å². The van der Waals surface area contributed by atoms with Gasteiger partial charge in [-0.2, -0.15) is 11.8 Å². The number of thioether (sulfide) groups is 1. The van der Waals surface area contributed by atoms with Gasteiger partial charge < -0.3 is 4.43 Å². The minimum atomic E-state index is -1.56. The molecule has 0 saturated heterocycles. The molecule has 0 spiro atoms. The third-order valence-corrected chi connectivity index (χ3v) is 8.97. The Kier molecular flexibility index (Phi) is 5.94. The highest BCUT2D eigenvalue weighted by Crippen LogP contribution is 2.37. The minimum Gasteiger partial charge on any atom is -0.414 e. The Labute approximate surface area is 101 Å². The lowest BCUT2D eigenvalue weighted by molar-refractivity contribution is 0.190. The van der Waals surface area contributed by atoms with E-state index in [-0.39, 0.29) is 0 Å². The van der Waals surface area contributed by atoms with E-state index in [4.69, 9.17) is 4.43 Å². The second-order valence-corrected chi connectivity index (χ2v) is 12.0. The summed E-state index contributed by atoms with van der Waals surface area (Å²) < 4.78 is 6.30. The Morgan fingerprint density at radius 2 is 1.67 bits per heavy atom. The second-order valence-electron chi connectivity index (χ2n) is 5.97. The molecule has 0 heterocycles. The third-order valence-electron chi connectivity index (χ3n) is 3.37. The predicted molar refractivity (Wildman–Crippen MR) is 75.3 cm³/mol. The average molecular weight is 249 g/mol. The van der Waals surface area contributed by atoms with Crippen LogP contribution in [0, 0.1) is 0 Å².